The minimum atomic E-state index is -3.48. The SMILES string of the molecule is CCNc1ccccc1S(=O)(=O)NCCOC. The largest absolute Gasteiger partial charge is 0.384 e. The minimum Gasteiger partial charge on any atom is -0.384 e. The van der Waals surface area contributed by atoms with Gasteiger partial charge in [0, 0.05) is 20.2 Å². The number of benzene rings is 1. The Labute approximate surface area is 102 Å². The van der Waals surface area contributed by atoms with Gasteiger partial charge in [0.05, 0.1) is 12.3 Å². The summed E-state index contributed by atoms with van der Waals surface area (Å²) in [6.07, 6.45) is 0. The van der Waals surface area contributed by atoms with E-state index in [4.69, 9.17) is 4.74 Å². The molecule has 6 heteroatoms. The van der Waals surface area contributed by atoms with Gasteiger partial charge >= 0.3 is 0 Å². The molecule has 0 aliphatic rings. The van der Waals surface area contributed by atoms with E-state index in [1.807, 2.05) is 6.92 Å². The van der Waals surface area contributed by atoms with Crippen LogP contribution in [0.2, 0.25) is 0 Å². The fraction of sp³-hybridized carbons (Fsp3) is 0.455. The van der Waals surface area contributed by atoms with Crippen LogP contribution in [0, 0.1) is 0 Å². The van der Waals surface area contributed by atoms with Gasteiger partial charge in [0.15, 0.2) is 0 Å². The van der Waals surface area contributed by atoms with Crippen molar-refractivity contribution in [3.63, 3.8) is 0 Å². The number of methoxy groups -OCH3 is 1. The van der Waals surface area contributed by atoms with Crippen LogP contribution in [-0.4, -0.2) is 35.2 Å². The fourth-order valence-electron chi connectivity index (χ4n) is 1.39. The van der Waals surface area contributed by atoms with E-state index in [0.29, 0.717) is 18.8 Å². The summed E-state index contributed by atoms with van der Waals surface area (Å²) < 4.78 is 31.3. The van der Waals surface area contributed by atoms with Gasteiger partial charge in [0.25, 0.3) is 0 Å². The van der Waals surface area contributed by atoms with Gasteiger partial charge in [-0.1, -0.05) is 12.1 Å². The lowest BCUT2D eigenvalue weighted by Crippen LogP contribution is -2.27. The number of anilines is 1. The lowest BCUT2D eigenvalue weighted by atomic mass is 10.3. The first-order valence-electron chi connectivity index (χ1n) is 5.43. The van der Waals surface area contributed by atoms with E-state index in [9.17, 15) is 8.42 Å². The molecule has 96 valence electrons. The topological polar surface area (TPSA) is 67.4 Å². The standard InChI is InChI=1S/C11H18N2O3S/c1-3-12-10-6-4-5-7-11(10)17(14,15)13-8-9-16-2/h4-7,12-13H,3,8-9H2,1-2H3. The molecular formula is C11H18N2O3S. The summed E-state index contributed by atoms with van der Waals surface area (Å²) in [6, 6.07) is 6.82. The van der Waals surface area contributed by atoms with Crippen LogP contribution in [0.3, 0.4) is 0 Å². The van der Waals surface area contributed by atoms with Gasteiger partial charge in [-0.3, -0.25) is 0 Å². The average Bonchev–Trinajstić information content (AvgIpc) is 2.30. The molecule has 0 fully saturated rings. The van der Waals surface area contributed by atoms with Crippen molar-refractivity contribution in [1.29, 1.82) is 0 Å². The molecule has 17 heavy (non-hydrogen) atoms. The van der Waals surface area contributed by atoms with E-state index in [1.165, 1.54) is 7.11 Å². The maximum atomic E-state index is 12.0. The predicted octanol–water partition coefficient (Wildman–Crippen LogP) is 1.04. The summed E-state index contributed by atoms with van der Waals surface area (Å²) in [5, 5.41) is 3.02. The zero-order valence-corrected chi connectivity index (χ0v) is 10.9. The zero-order valence-electron chi connectivity index (χ0n) is 10.1. The van der Waals surface area contributed by atoms with Crippen LogP contribution in [0.1, 0.15) is 6.92 Å². The van der Waals surface area contributed by atoms with Crippen LogP contribution in [-0.2, 0) is 14.8 Å². The van der Waals surface area contributed by atoms with Crippen LogP contribution in [0.25, 0.3) is 0 Å². The third-order valence-electron chi connectivity index (χ3n) is 2.14. The van der Waals surface area contributed by atoms with E-state index in [2.05, 4.69) is 10.0 Å². The Kier molecular flexibility index (Phi) is 5.40. The molecule has 0 aliphatic carbocycles. The van der Waals surface area contributed by atoms with Crippen molar-refractivity contribution < 1.29 is 13.2 Å². The van der Waals surface area contributed by atoms with E-state index in [0.717, 1.165) is 0 Å². The summed E-state index contributed by atoms with van der Waals surface area (Å²) in [7, 11) is -1.95. The molecule has 2 N–H and O–H groups in total. The third kappa shape index (κ3) is 3.99. The molecule has 0 saturated carbocycles. The zero-order chi connectivity index (χ0) is 12.7. The fourth-order valence-corrected chi connectivity index (χ4v) is 2.59. The van der Waals surface area contributed by atoms with Crippen LogP contribution >= 0.6 is 0 Å². The Morgan fingerprint density at radius 1 is 1.29 bits per heavy atom. The molecule has 1 aromatic rings. The normalized spacial score (nSPS) is 11.4. The second-order valence-electron chi connectivity index (χ2n) is 3.42. The maximum Gasteiger partial charge on any atom is 0.242 e. The molecule has 1 aromatic carbocycles. The van der Waals surface area contributed by atoms with Crippen LogP contribution < -0.4 is 10.0 Å². The van der Waals surface area contributed by atoms with Gasteiger partial charge in [-0.15, -0.1) is 0 Å². The number of nitrogens with one attached hydrogen (secondary N) is 2. The molecule has 0 atom stereocenters. The summed E-state index contributed by atoms with van der Waals surface area (Å²) in [6.45, 7) is 3.20. The van der Waals surface area contributed by atoms with Crippen molar-refractivity contribution in [3.8, 4) is 0 Å². The minimum absolute atomic E-state index is 0.262. The van der Waals surface area contributed by atoms with Crippen molar-refractivity contribution in [3.05, 3.63) is 24.3 Å². The molecular weight excluding hydrogens is 240 g/mol. The second kappa shape index (κ2) is 6.58. The van der Waals surface area contributed by atoms with Gasteiger partial charge in [0.2, 0.25) is 10.0 Å². The molecule has 0 radical (unpaired) electrons. The van der Waals surface area contributed by atoms with Crippen molar-refractivity contribution >= 4 is 15.7 Å². The van der Waals surface area contributed by atoms with Gasteiger partial charge in [-0.25, -0.2) is 13.1 Å². The quantitative estimate of drug-likeness (QED) is 0.717. The average molecular weight is 258 g/mol. The number of hydrogen-bond donors (Lipinski definition) is 2. The highest BCUT2D eigenvalue weighted by atomic mass is 32.2. The van der Waals surface area contributed by atoms with Gasteiger partial charge < -0.3 is 10.1 Å². The molecule has 5 nitrogen and oxygen atoms in total. The van der Waals surface area contributed by atoms with Gasteiger partial charge in [-0.2, -0.15) is 0 Å². The Bertz CT molecular complexity index is 446. The number of para-hydroxylation sites is 1. The lowest BCUT2D eigenvalue weighted by molar-refractivity contribution is 0.204. The highest BCUT2D eigenvalue weighted by Gasteiger charge is 2.16. The molecule has 0 bridgehead atoms. The summed E-state index contributed by atoms with van der Waals surface area (Å²) in [5.74, 6) is 0. The van der Waals surface area contributed by atoms with E-state index >= 15 is 0 Å². The van der Waals surface area contributed by atoms with E-state index in [1.54, 1.807) is 24.3 Å². The molecule has 0 spiro atoms. The first-order chi connectivity index (χ1) is 8.11. The molecule has 0 unspecified atom stereocenters. The first-order valence-corrected chi connectivity index (χ1v) is 6.91. The highest BCUT2D eigenvalue weighted by Crippen LogP contribution is 2.19. The Hall–Kier alpha value is -1.11. The van der Waals surface area contributed by atoms with Crippen molar-refractivity contribution in [2.45, 2.75) is 11.8 Å². The summed E-state index contributed by atoms with van der Waals surface area (Å²) >= 11 is 0. The summed E-state index contributed by atoms with van der Waals surface area (Å²) in [4.78, 5) is 0.262. The second-order valence-corrected chi connectivity index (χ2v) is 5.15. The van der Waals surface area contributed by atoms with Crippen LogP contribution in [0.5, 0.6) is 0 Å². The first kappa shape index (κ1) is 14.0. The third-order valence-corrected chi connectivity index (χ3v) is 3.66. The molecule has 0 heterocycles. The maximum absolute atomic E-state index is 12.0. The number of hydrogen-bond acceptors (Lipinski definition) is 4. The van der Waals surface area contributed by atoms with Crippen LogP contribution in [0.4, 0.5) is 5.69 Å². The van der Waals surface area contributed by atoms with Gasteiger partial charge in [0.1, 0.15) is 4.90 Å². The van der Waals surface area contributed by atoms with Crippen molar-refractivity contribution in [2.24, 2.45) is 0 Å². The predicted molar refractivity (Wildman–Crippen MR) is 67.7 cm³/mol. The van der Waals surface area contributed by atoms with Crippen LogP contribution in [0.15, 0.2) is 29.2 Å². The van der Waals surface area contributed by atoms with Crippen molar-refractivity contribution in [2.75, 3.05) is 32.1 Å². The summed E-state index contributed by atoms with van der Waals surface area (Å²) in [5.41, 5.74) is 0.611. The Morgan fingerprint density at radius 3 is 2.65 bits per heavy atom. The van der Waals surface area contributed by atoms with Gasteiger partial charge in [-0.05, 0) is 19.1 Å². The molecule has 0 saturated heterocycles. The Morgan fingerprint density at radius 2 is 2.00 bits per heavy atom. The smallest absolute Gasteiger partial charge is 0.242 e. The molecule has 0 aromatic heterocycles. The monoisotopic (exact) mass is 258 g/mol. The van der Waals surface area contributed by atoms with E-state index in [-0.39, 0.29) is 11.4 Å². The van der Waals surface area contributed by atoms with E-state index < -0.39 is 10.0 Å². The van der Waals surface area contributed by atoms with Crippen molar-refractivity contribution in [1.82, 2.24) is 4.72 Å². The Balaban J connectivity index is 2.89. The number of ether oxygens (including phenoxy) is 1. The molecule has 0 amide bonds. The highest BCUT2D eigenvalue weighted by molar-refractivity contribution is 7.89. The molecule has 1 rings (SSSR count). The molecule has 0 aliphatic heterocycles. The number of rotatable bonds is 7. The lowest BCUT2D eigenvalue weighted by Gasteiger charge is -2.11. The number of sulfonamides is 1.